The molecule has 0 radical (unpaired) electrons. The largest absolute Gasteiger partial charge is 0.495 e. The monoisotopic (exact) mass is 464 g/mol. The maximum absolute atomic E-state index is 14.0. The first kappa shape index (κ1) is 24.1. The summed E-state index contributed by atoms with van der Waals surface area (Å²) >= 11 is 5.84. The predicted octanol–water partition coefficient (Wildman–Crippen LogP) is 4.51. The van der Waals surface area contributed by atoms with Gasteiger partial charge in [0, 0.05) is 5.02 Å². The van der Waals surface area contributed by atoms with Crippen molar-refractivity contribution in [2.24, 2.45) is 0 Å². The number of halogens is 5. The summed E-state index contributed by atoms with van der Waals surface area (Å²) in [5.41, 5.74) is -4.01. The van der Waals surface area contributed by atoms with Gasteiger partial charge < -0.3 is 19.5 Å². The lowest BCUT2D eigenvalue weighted by atomic mass is 10.2. The van der Waals surface area contributed by atoms with E-state index in [9.17, 15) is 27.2 Å². The molecule has 0 aliphatic heterocycles. The van der Waals surface area contributed by atoms with Crippen LogP contribution in [0.1, 0.15) is 6.92 Å². The van der Waals surface area contributed by atoms with Crippen LogP contribution in [0.25, 0.3) is 0 Å². The van der Waals surface area contributed by atoms with Crippen molar-refractivity contribution in [2.45, 2.75) is 18.8 Å². The number of nitrogens with one attached hydrogen (secondary N) is 2. The Labute approximate surface area is 179 Å². The fourth-order valence-electron chi connectivity index (χ4n) is 2.37. The molecule has 0 fully saturated rings. The van der Waals surface area contributed by atoms with Crippen molar-refractivity contribution in [3.8, 4) is 11.5 Å². The van der Waals surface area contributed by atoms with E-state index in [1.54, 1.807) is 0 Å². The van der Waals surface area contributed by atoms with Gasteiger partial charge in [-0.1, -0.05) is 11.6 Å². The maximum Gasteiger partial charge on any atom is 0.460 e. The molecule has 12 heteroatoms. The molecule has 168 valence electrons. The molecule has 2 rings (SSSR count). The first-order valence-electron chi connectivity index (χ1n) is 8.63. The van der Waals surface area contributed by atoms with Gasteiger partial charge in [0.2, 0.25) is 0 Å². The van der Waals surface area contributed by atoms with Gasteiger partial charge in [-0.05, 0) is 49.4 Å². The third kappa shape index (κ3) is 5.69. The van der Waals surface area contributed by atoms with Crippen molar-refractivity contribution in [1.29, 1.82) is 0 Å². The Balaban J connectivity index is 2.43. The molecular weight excluding hydrogens is 448 g/mol. The standard InChI is InChI=1S/C19H17ClF4N2O5/c1-3-30-16(27)18(19(22,23)24,31-13-7-5-12(21)6-8-13)26-17(28)25-14-10-11(20)4-9-15(14)29-2/h4-10H,3H2,1-2H3,(H2,25,26,28)/t18-/m1/s1. The molecule has 0 heterocycles. The van der Waals surface area contributed by atoms with E-state index in [0.717, 1.165) is 24.3 Å². The molecule has 0 bridgehead atoms. The molecule has 0 saturated carbocycles. The number of carbonyl (C=O) groups is 2. The summed E-state index contributed by atoms with van der Waals surface area (Å²) in [4.78, 5) is 24.8. The molecule has 31 heavy (non-hydrogen) atoms. The second-order valence-electron chi connectivity index (χ2n) is 5.88. The molecule has 0 spiro atoms. The Kier molecular flexibility index (Phi) is 7.55. The van der Waals surface area contributed by atoms with Crippen LogP contribution < -0.4 is 20.1 Å². The minimum atomic E-state index is -5.47. The van der Waals surface area contributed by atoms with Gasteiger partial charge in [0.15, 0.2) is 0 Å². The highest BCUT2D eigenvalue weighted by atomic mass is 35.5. The molecule has 0 aliphatic carbocycles. The molecular formula is C19H17ClF4N2O5. The van der Waals surface area contributed by atoms with Crippen LogP contribution in [0, 0.1) is 5.82 Å². The lowest BCUT2D eigenvalue weighted by Crippen LogP contribution is -2.69. The number of hydrogen-bond acceptors (Lipinski definition) is 5. The highest BCUT2D eigenvalue weighted by Crippen LogP contribution is 2.35. The molecule has 0 aliphatic rings. The number of esters is 1. The number of rotatable bonds is 7. The van der Waals surface area contributed by atoms with E-state index < -0.39 is 42.1 Å². The summed E-state index contributed by atoms with van der Waals surface area (Å²) < 4.78 is 69.6. The average Bonchev–Trinajstić information content (AvgIpc) is 2.68. The van der Waals surface area contributed by atoms with E-state index >= 15 is 0 Å². The lowest BCUT2D eigenvalue weighted by Gasteiger charge is -2.34. The summed E-state index contributed by atoms with van der Waals surface area (Å²) in [6.45, 7) is 0.836. The summed E-state index contributed by atoms with van der Waals surface area (Å²) in [5.74, 6) is -3.14. The van der Waals surface area contributed by atoms with Gasteiger partial charge in [0.05, 0.1) is 19.4 Å². The smallest absolute Gasteiger partial charge is 0.460 e. The van der Waals surface area contributed by atoms with E-state index in [1.165, 1.54) is 37.5 Å². The first-order chi connectivity index (χ1) is 14.5. The number of amides is 2. The lowest BCUT2D eigenvalue weighted by molar-refractivity contribution is -0.259. The third-order valence-corrected chi connectivity index (χ3v) is 3.98. The topological polar surface area (TPSA) is 85.9 Å². The minimum Gasteiger partial charge on any atom is -0.495 e. The van der Waals surface area contributed by atoms with Gasteiger partial charge in [-0.2, -0.15) is 13.2 Å². The number of hydrogen-bond donors (Lipinski definition) is 2. The Morgan fingerprint density at radius 3 is 2.29 bits per heavy atom. The van der Waals surface area contributed by atoms with Crippen LogP contribution >= 0.6 is 11.6 Å². The summed E-state index contributed by atoms with van der Waals surface area (Å²) in [6, 6.07) is 5.89. The molecule has 2 N–H and O–H groups in total. The minimum absolute atomic E-state index is 0.0748. The zero-order valence-corrected chi connectivity index (χ0v) is 16.9. The van der Waals surface area contributed by atoms with Gasteiger partial charge >= 0.3 is 23.9 Å². The van der Waals surface area contributed by atoms with Crippen LogP contribution in [0.4, 0.5) is 28.0 Å². The Morgan fingerprint density at radius 1 is 1.10 bits per heavy atom. The normalized spacial score (nSPS) is 13.0. The van der Waals surface area contributed by atoms with E-state index in [-0.39, 0.29) is 16.5 Å². The number of benzene rings is 2. The van der Waals surface area contributed by atoms with Crippen LogP contribution in [-0.2, 0) is 9.53 Å². The van der Waals surface area contributed by atoms with E-state index in [2.05, 4.69) is 10.1 Å². The molecule has 7 nitrogen and oxygen atoms in total. The van der Waals surface area contributed by atoms with Crippen LogP contribution in [0.2, 0.25) is 5.02 Å². The van der Waals surface area contributed by atoms with Crippen LogP contribution in [0.15, 0.2) is 42.5 Å². The average molecular weight is 465 g/mol. The Hall–Kier alpha value is -3.21. The van der Waals surface area contributed by atoms with Crippen molar-refractivity contribution >= 4 is 29.3 Å². The highest BCUT2D eigenvalue weighted by molar-refractivity contribution is 6.31. The fourth-order valence-corrected chi connectivity index (χ4v) is 2.54. The van der Waals surface area contributed by atoms with E-state index in [1.807, 2.05) is 0 Å². The number of methoxy groups -OCH3 is 1. The number of urea groups is 1. The summed E-state index contributed by atoms with van der Waals surface area (Å²) in [7, 11) is 1.27. The number of ether oxygens (including phenoxy) is 3. The molecule has 2 aromatic rings. The van der Waals surface area contributed by atoms with Crippen molar-refractivity contribution in [3.63, 3.8) is 0 Å². The molecule has 2 amide bonds. The molecule has 0 aromatic heterocycles. The van der Waals surface area contributed by atoms with Crippen LogP contribution in [-0.4, -0.2) is 37.6 Å². The number of alkyl halides is 3. The van der Waals surface area contributed by atoms with Crippen molar-refractivity contribution in [1.82, 2.24) is 5.32 Å². The fraction of sp³-hybridized carbons (Fsp3) is 0.263. The maximum atomic E-state index is 14.0. The number of carbonyl (C=O) groups excluding carboxylic acids is 2. The second kappa shape index (κ2) is 9.73. The van der Waals surface area contributed by atoms with Gasteiger partial charge in [-0.3, -0.25) is 5.32 Å². The van der Waals surface area contributed by atoms with Crippen molar-refractivity contribution < 1.29 is 41.4 Å². The molecule has 0 unspecified atom stereocenters. The SMILES string of the molecule is CCOC(=O)[C@@](NC(=O)Nc1cc(Cl)ccc1OC)(Oc1ccc(F)cc1)C(F)(F)F. The van der Waals surface area contributed by atoms with Gasteiger partial charge in [0.1, 0.15) is 17.3 Å². The van der Waals surface area contributed by atoms with Crippen LogP contribution in [0.3, 0.4) is 0 Å². The van der Waals surface area contributed by atoms with Crippen molar-refractivity contribution in [2.75, 3.05) is 19.0 Å². The Morgan fingerprint density at radius 2 is 1.74 bits per heavy atom. The third-order valence-electron chi connectivity index (χ3n) is 3.75. The van der Waals surface area contributed by atoms with Crippen LogP contribution in [0.5, 0.6) is 11.5 Å². The summed E-state index contributed by atoms with van der Waals surface area (Å²) in [6.07, 6.45) is -5.47. The zero-order chi connectivity index (χ0) is 23.2. The van der Waals surface area contributed by atoms with Gasteiger partial charge in [-0.25, -0.2) is 14.0 Å². The van der Waals surface area contributed by atoms with Gasteiger partial charge in [-0.15, -0.1) is 0 Å². The number of anilines is 1. The first-order valence-corrected chi connectivity index (χ1v) is 9.01. The second-order valence-corrected chi connectivity index (χ2v) is 6.32. The molecule has 1 atom stereocenters. The zero-order valence-electron chi connectivity index (χ0n) is 16.2. The van der Waals surface area contributed by atoms with E-state index in [4.69, 9.17) is 21.1 Å². The predicted molar refractivity (Wildman–Crippen MR) is 103 cm³/mol. The quantitative estimate of drug-likeness (QED) is 0.358. The molecule has 0 saturated heterocycles. The van der Waals surface area contributed by atoms with Gasteiger partial charge in [0.25, 0.3) is 0 Å². The summed E-state index contributed by atoms with van der Waals surface area (Å²) in [5, 5.41) is 3.75. The van der Waals surface area contributed by atoms with E-state index in [0.29, 0.717) is 0 Å². The van der Waals surface area contributed by atoms with Crippen molar-refractivity contribution in [3.05, 3.63) is 53.3 Å². The highest BCUT2D eigenvalue weighted by Gasteiger charge is 2.66. The Bertz CT molecular complexity index is 940. The molecule has 2 aromatic carbocycles.